The van der Waals surface area contributed by atoms with Gasteiger partial charge < -0.3 is 10.4 Å². The third kappa shape index (κ3) is 2.96. The van der Waals surface area contributed by atoms with Gasteiger partial charge in [-0.1, -0.05) is 0 Å². The van der Waals surface area contributed by atoms with Gasteiger partial charge in [-0.25, -0.2) is 14.2 Å². The second-order valence-corrected chi connectivity index (χ2v) is 4.47. The Kier molecular flexibility index (Phi) is 4.26. The highest BCUT2D eigenvalue weighted by Gasteiger charge is 2.42. The van der Waals surface area contributed by atoms with Crippen LogP contribution in [0.15, 0.2) is 12.1 Å². The summed E-state index contributed by atoms with van der Waals surface area (Å²) in [4.78, 5) is 15.1. The number of aromatic nitrogens is 3. The van der Waals surface area contributed by atoms with Crippen LogP contribution in [0, 0.1) is 5.82 Å². The van der Waals surface area contributed by atoms with Gasteiger partial charge in [0.1, 0.15) is 11.3 Å². The van der Waals surface area contributed by atoms with Gasteiger partial charge in [0.05, 0.1) is 5.69 Å². The summed E-state index contributed by atoms with van der Waals surface area (Å²) < 4.78 is 53.5. The van der Waals surface area contributed by atoms with E-state index < -0.39 is 34.9 Å². The molecule has 0 atom stereocenters. The molecule has 0 fully saturated rings. The molecular formula is C13H12F4N4O2. The number of hydrogen-bond acceptors (Lipinski definition) is 4. The van der Waals surface area contributed by atoms with E-state index in [1.54, 1.807) is 0 Å². The Balaban J connectivity index is 2.77. The zero-order valence-corrected chi connectivity index (χ0v) is 12.1. The minimum absolute atomic E-state index is 0.175. The Hall–Kier alpha value is -2.65. The molecule has 0 saturated carbocycles. The fraction of sp³-hybridized carbons (Fsp3) is 0.308. The summed E-state index contributed by atoms with van der Waals surface area (Å²) in [6.45, 7) is 1.21. The van der Waals surface area contributed by atoms with Crippen LogP contribution >= 0.6 is 0 Å². The molecule has 2 N–H and O–H groups in total. The minimum Gasteiger partial charge on any atom is -0.478 e. The molecular weight excluding hydrogens is 320 g/mol. The normalized spacial score (nSPS) is 11.6. The zero-order valence-electron chi connectivity index (χ0n) is 12.1. The molecule has 124 valence electrons. The van der Waals surface area contributed by atoms with Crippen molar-refractivity contribution in [1.29, 1.82) is 0 Å². The molecule has 23 heavy (non-hydrogen) atoms. The first-order valence-corrected chi connectivity index (χ1v) is 6.46. The number of carboxylic acid groups (broad SMARTS) is 1. The van der Waals surface area contributed by atoms with Crippen LogP contribution in [0.1, 0.15) is 23.0 Å². The van der Waals surface area contributed by atoms with Crippen molar-refractivity contribution in [2.75, 3.05) is 12.4 Å². The smallest absolute Gasteiger partial charge is 0.433 e. The molecule has 0 saturated heterocycles. The molecule has 6 nitrogen and oxygen atoms in total. The number of aryl methyl sites for hydroxylation is 1. The van der Waals surface area contributed by atoms with Crippen molar-refractivity contribution < 1.29 is 27.5 Å². The van der Waals surface area contributed by atoms with Gasteiger partial charge in [0.25, 0.3) is 0 Å². The number of hydrogen-bond donors (Lipinski definition) is 2. The summed E-state index contributed by atoms with van der Waals surface area (Å²) in [6.07, 6.45) is -4.90. The lowest BCUT2D eigenvalue weighted by atomic mass is 10.1. The van der Waals surface area contributed by atoms with Crippen molar-refractivity contribution in [3.63, 3.8) is 0 Å². The highest BCUT2D eigenvalue weighted by Crippen LogP contribution is 2.36. The molecule has 2 heterocycles. The van der Waals surface area contributed by atoms with Crippen LogP contribution < -0.4 is 5.32 Å². The van der Waals surface area contributed by atoms with E-state index in [0.29, 0.717) is 4.68 Å². The Morgan fingerprint density at radius 1 is 1.39 bits per heavy atom. The van der Waals surface area contributed by atoms with Gasteiger partial charge >= 0.3 is 12.1 Å². The maximum atomic E-state index is 13.4. The lowest BCUT2D eigenvalue weighted by Gasteiger charge is -2.09. The molecule has 0 aliphatic heterocycles. The van der Waals surface area contributed by atoms with Crippen LogP contribution in [0.2, 0.25) is 0 Å². The summed E-state index contributed by atoms with van der Waals surface area (Å²) in [7, 11) is 1.37. The SMILES string of the molecule is CCn1nc(-c2ccc(F)c(NC)n2)c(C(=O)O)c1C(F)(F)F. The standard InChI is InChI=1S/C13H12F4N4O2/c1-3-21-10(13(15,16)17)8(12(22)23)9(20-21)7-5-4-6(14)11(18-2)19-7/h4-5H,3H2,1-2H3,(H,18,19)(H,22,23). The average molecular weight is 332 g/mol. The second-order valence-electron chi connectivity index (χ2n) is 4.47. The third-order valence-electron chi connectivity index (χ3n) is 3.06. The third-order valence-corrected chi connectivity index (χ3v) is 3.06. The number of carboxylic acids is 1. The topological polar surface area (TPSA) is 80.0 Å². The first-order valence-electron chi connectivity index (χ1n) is 6.46. The molecule has 0 aliphatic rings. The summed E-state index contributed by atoms with van der Waals surface area (Å²) in [5.41, 5.74) is -3.03. The summed E-state index contributed by atoms with van der Waals surface area (Å²) in [6, 6.07) is 2.04. The highest BCUT2D eigenvalue weighted by atomic mass is 19.4. The number of nitrogens with zero attached hydrogens (tertiary/aromatic N) is 3. The Labute approximate surface area is 127 Å². The first-order chi connectivity index (χ1) is 10.7. The first kappa shape index (κ1) is 16.7. The van der Waals surface area contributed by atoms with Gasteiger partial charge in [-0.3, -0.25) is 4.68 Å². The molecule has 0 amide bonds. The number of pyridine rings is 1. The van der Waals surface area contributed by atoms with E-state index in [1.165, 1.54) is 14.0 Å². The Morgan fingerprint density at radius 3 is 2.52 bits per heavy atom. The molecule has 2 rings (SSSR count). The van der Waals surface area contributed by atoms with E-state index in [-0.39, 0.29) is 18.1 Å². The highest BCUT2D eigenvalue weighted by molar-refractivity contribution is 5.96. The van der Waals surface area contributed by atoms with Crippen LogP contribution in [0.25, 0.3) is 11.4 Å². The number of halogens is 4. The van der Waals surface area contributed by atoms with Crippen molar-refractivity contribution in [2.45, 2.75) is 19.6 Å². The molecule has 0 radical (unpaired) electrons. The summed E-state index contributed by atoms with van der Waals surface area (Å²) in [5.74, 6) is -2.73. The molecule has 10 heteroatoms. The maximum Gasteiger partial charge on any atom is 0.433 e. The van der Waals surface area contributed by atoms with Crippen molar-refractivity contribution >= 4 is 11.8 Å². The Bertz CT molecular complexity index is 755. The summed E-state index contributed by atoms with van der Waals surface area (Å²) >= 11 is 0. The molecule has 0 spiro atoms. The van der Waals surface area contributed by atoms with E-state index in [9.17, 15) is 27.5 Å². The maximum absolute atomic E-state index is 13.4. The fourth-order valence-electron chi connectivity index (χ4n) is 2.11. The fourth-order valence-corrected chi connectivity index (χ4v) is 2.11. The number of anilines is 1. The van der Waals surface area contributed by atoms with Gasteiger partial charge in [0, 0.05) is 13.6 Å². The zero-order chi connectivity index (χ0) is 17.4. The molecule has 0 aliphatic carbocycles. The average Bonchev–Trinajstić information content (AvgIpc) is 2.87. The molecule has 2 aromatic heterocycles. The van der Waals surface area contributed by atoms with Crippen molar-refractivity contribution in [2.24, 2.45) is 0 Å². The number of nitrogens with one attached hydrogen (secondary N) is 1. The number of aromatic carboxylic acids is 1. The molecule has 0 bridgehead atoms. The lowest BCUT2D eigenvalue weighted by Crippen LogP contribution is -2.17. The second kappa shape index (κ2) is 5.86. The van der Waals surface area contributed by atoms with E-state index >= 15 is 0 Å². The van der Waals surface area contributed by atoms with Crippen LogP contribution in [0.5, 0.6) is 0 Å². The number of rotatable bonds is 4. The quantitative estimate of drug-likeness (QED) is 0.842. The lowest BCUT2D eigenvalue weighted by molar-refractivity contribution is -0.144. The summed E-state index contributed by atoms with van der Waals surface area (Å²) in [5, 5.41) is 15.3. The van der Waals surface area contributed by atoms with E-state index in [2.05, 4.69) is 15.4 Å². The van der Waals surface area contributed by atoms with E-state index in [4.69, 9.17) is 0 Å². The van der Waals surface area contributed by atoms with E-state index in [1.807, 2.05) is 0 Å². The largest absolute Gasteiger partial charge is 0.478 e. The van der Waals surface area contributed by atoms with Gasteiger partial charge in [-0.15, -0.1) is 0 Å². The van der Waals surface area contributed by atoms with Gasteiger partial charge in [0.2, 0.25) is 0 Å². The molecule has 2 aromatic rings. The number of carbonyl (C=O) groups is 1. The minimum atomic E-state index is -4.90. The molecule has 0 unspecified atom stereocenters. The van der Waals surface area contributed by atoms with Crippen LogP contribution in [0.3, 0.4) is 0 Å². The molecule has 0 aromatic carbocycles. The van der Waals surface area contributed by atoms with Crippen LogP contribution in [-0.2, 0) is 12.7 Å². The van der Waals surface area contributed by atoms with Crippen molar-refractivity contribution in [1.82, 2.24) is 14.8 Å². The van der Waals surface area contributed by atoms with Crippen molar-refractivity contribution in [3.05, 3.63) is 29.2 Å². The van der Waals surface area contributed by atoms with Crippen LogP contribution in [-0.4, -0.2) is 32.9 Å². The van der Waals surface area contributed by atoms with Crippen molar-refractivity contribution in [3.8, 4) is 11.4 Å². The Morgan fingerprint density at radius 2 is 2.04 bits per heavy atom. The number of alkyl halides is 3. The predicted octanol–water partition coefficient (Wildman–Crippen LogP) is 2.86. The predicted molar refractivity (Wildman–Crippen MR) is 72.6 cm³/mol. The van der Waals surface area contributed by atoms with Gasteiger partial charge in [0.15, 0.2) is 17.3 Å². The van der Waals surface area contributed by atoms with Crippen LogP contribution in [0.4, 0.5) is 23.4 Å². The van der Waals surface area contributed by atoms with Gasteiger partial charge in [-0.2, -0.15) is 18.3 Å². The van der Waals surface area contributed by atoms with E-state index in [0.717, 1.165) is 12.1 Å². The monoisotopic (exact) mass is 332 g/mol. The van der Waals surface area contributed by atoms with Gasteiger partial charge in [-0.05, 0) is 19.1 Å².